The zero-order valence-corrected chi connectivity index (χ0v) is 15.7. The van der Waals surface area contributed by atoms with Crippen molar-refractivity contribution >= 4 is 40.7 Å². The maximum absolute atomic E-state index is 12.2. The number of aromatic nitrogens is 1. The lowest BCUT2D eigenvalue weighted by Crippen LogP contribution is -2.40. The SMILES string of the molecule is CC(C)(C)NC(=O)c1cc(NC(=O)Cc2cc(Cl)cc(Cl)c2)ccn1. The van der Waals surface area contributed by atoms with E-state index in [1.54, 1.807) is 24.3 Å². The Kier molecular flexibility index (Phi) is 6.03. The molecule has 0 aliphatic carbocycles. The highest BCUT2D eigenvalue weighted by Gasteiger charge is 2.17. The first-order valence-electron chi connectivity index (χ1n) is 7.66. The second-order valence-electron chi connectivity index (χ2n) is 6.64. The van der Waals surface area contributed by atoms with Crippen molar-refractivity contribution in [1.82, 2.24) is 10.3 Å². The van der Waals surface area contributed by atoms with Crippen LogP contribution in [-0.2, 0) is 11.2 Å². The molecule has 25 heavy (non-hydrogen) atoms. The molecule has 0 bridgehead atoms. The van der Waals surface area contributed by atoms with Crippen LogP contribution < -0.4 is 10.6 Å². The van der Waals surface area contributed by atoms with E-state index >= 15 is 0 Å². The van der Waals surface area contributed by atoms with Gasteiger partial charge in [-0.05, 0) is 56.7 Å². The average molecular weight is 380 g/mol. The van der Waals surface area contributed by atoms with Crippen LogP contribution in [0.5, 0.6) is 0 Å². The average Bonchev–Trinajstić information content (AvgIpc) is 2.44. The number of benzene rings is 1. The molecule has 0 aliphatic heterocycles. The first kappa shape index (κ1) is 19.2. The topological polar surface area (TPSA) is 71.1 Å². The molecule has 0 fully saturated rings. The molecular weight excluding hydrogens is 361 g/mol. The van der Waals surface area contributed by atoms with Crippen molar-refractivity contribution in [2.45, 2.75) is 32.7 Å². The Hall–Kier alpha value is -2.11. The summed E-state index contributed by atoms with van der Waals surface area (Å²) < 4.78 is 0. The van der Waals surface area contributed by atoms with Gasteiger partial charge in [-0.2, -0.15) is 0 Å². The van der Waals surface area contributed by atoms with E-state index in [9.17, 15) is 9.59 Å². The molecular formula is C18H19Cl2N3O2. The van der Waals surface area contributed by atoms with Crippen molar-refractivity contribution in [1.29, 1.82) is 0 Å². The second kappa shape index (κ2) is 7.85. The molecule has 1 heterocycles. The van der Waals surface area contributed by atoms with Gasteiger partial charge in [-0.3, -0.25) is 14.6 Å². The molecule has 2 rings (SSSR count). The van der Waals surface area contributed by atoms with Crippen molar-refractivity contribution in [3.8, 4) is 0 Å². The molecule has 7 heteroatoms. The van der Waals surface area contributed by atoms with Crippen LogP contribution in [0.2, 0.25) is 10.0 Å². The molecule has 2 amide bonds. The van der Waals surface area contributed by atoms with Gasteiger partial charge >= 0.3 is 0 Å². The summed E-state index contributed by atoms with van der Waals surface area (Å²) in [6, 6.07) is 8.12. The van der Waals surface area contributed by atoms with E-state index in [0.717, 1.165) is 0 Å². The number of nitrogens with one attached hydrogen (secondary N) is 2. The number of hydrogen-bond donors (Lipinski definition) is 2. The normalized spacial score (nSPS) is 11.1. The minimum atomic E-state index is -0.371. The molecule has 1 aromatic carbocycles. The molecule has 0 saturated carbocycles. The number of carbonyl (C=O) groups is 2. The van der Waals surface area contributed by atoms with Crippen LogP contribution in [0.4, 0.5) is 5.69 Å². The minimum Gasteiger partial charge on any atom is -0.346 e. The molecule has 132 valence electrons. The van der Waals surface area contributed by atoms with Crippen LogP contribution in [-0.4, -0.2) is 22.3 Å². The van der Waals surface area contributed by atoms with Crippen molar-refractivity contribution in [2.75, 3.05) is 5.32 Å². The Balaban J connectivity index is 2.06. The van der Waals surface area contributed by atoms with Crippen molar-refractivity contribution in [3.05, 3.63) is 57.8 Å². The monoisotopic (exact) mass is 379 g/mol. The fourth-order valence-corrected chi connectivity index (χ4v) is 2.71. The molecule has 0 saturated heterocycles. The number of nitrogens with zero attached hydrogens (tertiary/aromatic N) is 1. The highest BCUT2D eigenvalue weighted by molar-refractivity contribution is 6.34. The number of halogens is 2. The summed E-state index contributed by atoms with van der Waals surface area (Å²) in [6.45, 7) is 5.64. The second-order valence-corrected chi connectivity index (χ2v) is 7.51. The summed E-state index contributed by atoms with van der Waals surface area (Å²) >= 11 is 11.9. The third-order valence-electron chi connectivity index (χ3n) is 3.05. The van der Waals surface area contributed by atoms with Gasteiger partial charge in [-0.25, -0.2) is 0 Å². The van der Waals surface area contributed by atoms with Gasteiger partial charge < -0.3 is 10.6 Å². The molecule has 5 nitrogen and oxygen atoms in total. The number of amides is 2. The Morgan fingerprint density at radius 2 is 1.72 bits per heavy atom. The van der Waals surface area contributed by atoms with Crippen LogP contribution in [0.1, 0.15) is 36.8 Å². The van der Waals surface area contributed by atoms with Crippen LogP contribution in [0, 0.1) is 0 Å². The zero-order valence-electron chi connectivity index (χ0n) is 14.2. The van der Waals surface area contributed by atoms with Crippen LogP contribution in [0.15, 0.2) is 36.5 Å². The molecule has 0 radical (unpaired) electrons. The van der Waals surface area contributed by atoms with Gasteiger partial charge in [0, 0.05) is 27.5 Å². The molecule has 2 aromatic rings. The van der Waals surface area contributed by atoms with E-state index in [1.807, 2.05) is 20.8 Å². The number of pyridine rings is 1. The van der Waals surface area contributed by atoms with Gasteiger partial charge in [-0.15, -0.1) is 0 Å². The van der Waals surface area contributed by atoms with E-state index < -0.39 is 0 Å². The summed E-state index contributed by atoms with van der Waals surface area (Å²) in [4.78, 5) is 28.4. The Morgan fingerprint density at radius 3 is 2.32 bits per heavy atom. The molecule has 0 spiro atoms. The van der Waals surface area contributed by atoms with Gasteiger partial charge in [0.2, 0.25) is 5.91 Å². The summed E-state index contributed by atoms with van der Waals surface area (Å²) in [5, 5.41) is 6.51. The molecule has 0 aliphatic rings. The van der Waals surface area contributed by atoms with Crippen molar-refractivity contribution in [2.24, 2.45) is 0 Å². The largest absolute Gasteiger partial charge is 0.346 e. The van der Waals surface area contributed by atoms with Gasteiger partial charge in [0.05, 0.1) is 6.42 Å². The minimum absolute atomic E-state index is 0.117. The van der Waals surface area contributed by atoms with Crippen LogP contribution in [0.3, 0.4) is 0 Å². The van der Waals surface area contributed by atoms with Crippen molar-refractivity contribution < 1.29 is 9.59 Å². The number of hydrogen-bond acceptors (Lipinski definition) is 3. The third kappa shape index (κ3) is 6.36. The van der Waals surface area contributed by atoms with Gasteiger partial charge in [0.15, 0.2) is 0 Å². The Labute approximate surface area is 156 Å². The van der Waals surface area contributed by atoms with E-state index in [1.165, 1.54) is 12.3 Å². The number of anilines is 1. The lowest BCUT2D eigenvalue weighted by Gasteiger charge is -2.20. The van der Waals surface area contributed by atoms with Gasteiger partial charge in [0.25, 0.3) is 5.91 Å². The quantitative estimate of drug-likeness (QED) is 0.839. The number of rotatable bonds is 4. The summed E-state index contributed by atoms with van der Waals surface area (Å²) in [5.41, 5.74) is 1.06. The molecule has 2 N–H and O–H groups in total. The highest BCUT2D eigenvalue weighted by atomic mass is 35.5. The summed E-state index contributed by atoms with van der Waals surface area (Å²) in [5.74, 6) is -0.545. The molecule has 0 unspecified atom stereocenters. The standard InChI is InChI=1S/C18H19Cl2N3O2/c1-18(2,3)23-17(25)15-10-14(4-5-21-15)22-16(24)8-11-6-12(19)9-13(20)7-11/h4-7,9-10H,8H2,1-3H3,(H,23,25)(H,21,22,24). The molecule has 0 atom stereocenters. The Bertz CT molecular complexity index is 781. The third-order valence-corrected chi connectivity index (χ3v) is 3.49. The van der Waals surface area contributed by atoms with Crippen LogP contribution >= 0.6 is 23.2 Å². The fourth-order valence-electron chi connectivity index (χ4n) is 2.14. The fraction of sp³-hybridized carbons (Fsp3) is 0.278. The maximum atomic E-state index is 12.2. The predicted molar refractivity (Wildman–Crippen MR) is 100 cm³/mol. The van der Waals surface area contributed by atoms with E-state index in [4.69, 9.17) is 23.2 Å². The zero-order chi connectivity index (χ0) is 18.6. The van der Waals surface area contributed by atoms with E-state index in [-0.39, 0.29) is 29.5 Å². The lowest BCUT2D eigenvalue weighted by atomic mass is 10.1. The van der Waals surface area contributed by atoms with Crippen LogP contribution in [0.25, 0.3) is 0 Å². The maximum Gasteiger partial charge on any atom is 0.270 e. The Morgan fingerprint density at radius 1 is 1.08 bits per heavy atom. The highest BCUT2D eigenvalue weighted by Crippen LogP contribution is 2.20. The van der Waals surface area contributed by atoms with Gasteiger partial charge in [-0.1, -0.05) is 23.2 Å². The van der Waals surface area contributed by atoms with E-state index in [0.29, 0.717) is 21.3 Å². The first-order valence-corrected chi connectivity index (χ1v) is 8.41. The summed E-state index contributed by atoms with van der Waals surface area (Å²) in [7, 11) is 0. The van der Waals surface area contributed by atoms with E-state index in [2.05, 4.69) is 15.6 Å². The summed E-state index contributed by atoms with van der Waals surface area (Å²) in [6.07, 6.45) is 1.59. The van der Waals surface area contributed by atoms with Gasteiger partial charge in [0.1, 0.15) is 5.69 Å². The predicted octanol–water partition coefficient (Wildman–Crippen LogP) is 4.10. The molecule has 1 aromatic heterocycles. The van der Waals surface area contributed by atoms with Crippen molar-refractivity contribution in [3.63, 3.8) is 0 Å². The smallest absolute Gasteiger partial charge is 0.270 e. The first-order chi connectivity index (χ1) is 11.6. The lowest BCUT2D eigenvalue weighted by molar-refractivity contribution is -0.115. The number of carbonyl (C=O) groups excluding carboxylic acids is 2.